The van der Waals surface area contributed by atoms with Crippen molar-refractivity contribution in [2.24, 2.45) is 0 Å². The summed E-state index contributed by atoms with van der Waals surface area (Å²) < 4.78 is 5.22. The van der Waals surface area contributed by atoms with Gasteiger partial charge in [-0.05, 0) is 37.1 Å². The first-order chi connectivity index (χ1) is 11.2. The summed E-state index contributed by atoms with van der Waals surface area (Å²) in [7, 11) is 1.68. The number of nitrogens with one attached hydrogen (secondary N) is 1. The number of piperazine rings is 1. The average molecular weight is 319 g/mol. The highest BCUT2D eigenvalue weighted by Gasteiger charge is 2.17. The molecule has 128 valence electrons. The Bertz CT molecular complexity index is 485. The molecule has 23 heavy (non-hydrogen) atoms. The number of amides is 1. The van der Waals surface area contributed by atoms with Crippen molar-refractivity contribution in [2.45, 2.75) is 19.8 Å². The van der Waals surface area contributed by atoms with E-state index in [1.54, 1.807) is 7.11 Å². The maximum atomic E-state index is 12.0. The molecule has 0 aliphatic carbocycles. The van der Waals surface area contributed by atoms with Gasteiger partial charge in [-0.2, -0.15) is 0 Å². The number of carbonyl (C=O) groups excluding carboxylic acids is 1. The molecule has 1 saturated heterocycles. The zero-order chi connectivity index (χ0) is 16.5. The molecule has 0 radical (unpaired) electrons. The number of hydrogen-bond donors (Lipinski definition) is 1. The van der Waals surface area contributed by atoms with Crippen molar-refractivity contribution in [3.8, 4) is 5.75 Å². The Kier molecular flexibility index (Phi) is 7.36. The van der Waals surface area contributed by atoms with Crippen molar-refractivity contribution in [3.63, 3.8) is 0 Å². The Hall–Kier alpha value is -1.59. The van der Waals surface area contributed by atoms with Gasteiger partial charge in [0.1, 0.15) is 5.75 Å². The van der Waals surface area contributed by atoms with Gasteiger partial charge >= 0.3 is 0 Å². The van der Waals surface area contributed by atoms with Crippen molar-refractivity contribution in [1.82, 2.24) is 15.1 Å². The van der Waals surface area contributed by atoms with E-state index in [2.05, 4.69) is 34.2 Å². The number of aryl methyl sites for hydroxylation is 1. The van der Waals surface area contributed by atoms with Crippen LogP contribution in [-0.4, -0.2) is 68.6 Å². The summed E-state index contributed by atoms with van der Waals surface area (Å²) in [5, 5.41) is 3.03. The predicted octanol–water partition coefficient (Wildman–Crippen LogP) is 1.38. The summed E-state index contributed by atoms with van der Waals surface area (Å²) >= 11 is 0. The van der Waals surface area contributed by atoms with E-state index in [-0.39, 0.29) is 5.91 Å². The molecule has 1 amide bonds. The van der Waals surface area contributed by atoms with Crippen molar-refractivity contribution in [3.05, 3.63) is 29.8 Å². The molecule has 1 aromatic carbocycles. The highest BCUT2D eigenvalue weighted by Crippen LogP contribution is 2.13. The summed E-state index contributed by atoms with van der Waals surface area (Å²) in [6, 6.07) is 8.10. The van der Waals surface area contributed by atoms with E-state index >= 15 is 0 Å². The molecule has 1 aliphatic rings. The predicted molar refractivity (Wildman–Crippen MR) is 92.9 cm³/mol. The fraction of sp³-hybridized carbons (Fsp3) is 0.611. The van der Waals surface area contributed by atoms with Crippen molar-refractivity contribution in [1.29, 1.82) is 0 Å². The fourth-order valence-corrected chi connectivity index (χ4v) is 2.87. The monoisotopic (exact) mass is 319 g/mol. The Morgan fingerprint density at radius 3 is 2.65 bits per heavy atom. The number of benzene rings is 1. The molecule has 0 spiro atoms. The van der Waals surface area contributed by atoms with Crippen LogP contribution in [0.3, 0.4) is 0 Å². The van der Waals surface area contributed by atoms with Gasteiger partial charge in [-0.25, -0.2) is 0 Å². The van der Waals surface area contributed by atoms with Gasteiger partial charge in [0.05, 0.1) is 13.7 Å². The second-order valence-corrected chi connectivity index (χ2v) is 6.02. The second kappa shape index (κ2) is 9.53. The van der Waals surface area contributed by atoms with Gasteiger partial charge in [0.15, 0.2) is 0 Å². The third-order valence-corrected chi connectivity index (χ3v) is 4.38. The van der Waals surface area contributed by atoms with E-state index in [1.165, 1.54) is 5.56 Å². The van der Waals surface area contributed by atoms with Gasteiger partial charge in [0, 0.05) is 32.7 Å². The third kappa shape index (κ3) is 6.20. The first-order valence-corrected chi connectivity index (χ1v) is 8.55. The van der Waals surface area contributed by atoms with Gasteiger partial charge < -0.3 is 15.0 Å². The molecule has 5 heteroatoms. The van der Waals surface area contributed by atoms with Crippen LogP contribution in [-0.2, 0) is 11.2 Å². The van der Waals surface area contributed by atoms with E-state index in [1.807, 2.05) is 12.1 Å². The summed E-state index contributed by atoms with van der Waals surface area (Å²) in [5.74, 6) is 1.03. The van der Waals surface area contributed by atoms with E-state index in [9.17, 15) is 4.79 Å². The van der Waals surface area contributed by atoms with Crippen LogP contribution < -0.4 is 10.1 Å². The molecule has 0 saturated carbocycles. The quantitative estimate of drug-likeness (QED) is 0.735. The largest absolute Gasteiger partial charge is 0.497 e. The van der Waals surface area contributed by atoms with Crippen LogP contribution in [0.15, 0.2) is 24.3 Å². The maximum absolute atomic E-state index is 12.0. The highest BCUT2D eigenvalue weighted by molar-refractivity contribution is 5.77. The van der Waals surface area contributed by atoms with E-state index in [4.69, 9.17) is 4.74 Å². The lowest BCUT2D eigenvalue weighted by Crippen LogP contribution is -2.49. The zero-order valence-electron chi connectivity index (χ0n) is 14.4. The molecule has 1 aromatic rings. The number of ether oxygens (including phenoxy) is 1. The Labute approximate surface area is 139 Å². The van der Waals surface area contributed by atoms with Gasteiger partial charge in [0.25, 0.3) is 0 Å². The van der Waals surface area contributed by atoms with E-state index < -0.39 is 0 Å². The number of methoxy groups -OCH3 is 1. The molecule has 1 fully saturated rings. The van der Waals surface area contributed by atoms with Crippen LogP contribution >= 0.6 is 0 Å². The Balaban J connectivity index is 1.59. The molecule has 0 atom stereocenters. The minimum absolute atomic E-state index is 0.139. The van der Waals surface area contributed by atoms with Crippen LogP contribution in [0.25, 0.3) is 0 Å². The van der Waals surface area contributed by atoms with Gasteiger partial charge in [0.2, 0.25) is 5.91 Å². The van der Waals surface area contributed by atoms with Crippen LogP contribution in [0.5, 0.6) is 5.75 Å². The normalized spacial score (nSPS) is 16.3. The first kappa shape index (κ1) is 17.8. The molecule has 5 nitrogen and oxygen atoms in total. The molecule has 0 unspecified atom stereocenters. The summed E-state index contributed by atoms with van der Waals surface area (Å²) in [5.41, 5.74) is 1.24. The lowest BCUT2D eigenvalue weighted by molar-refractivity contribution is -0.122. The summed E-state index contributed by atoms with van der Waals surface area (Å²) in [6.45, 7) is 8.66. The number of hydrogen-bond acceptors (Lipinski definition) is 4. The maximum Gasteiger partial charge on any atom is 0.234 e. The fourth-order valence-electron chi connectivity index (χ4n) is 2.87. The smallest absolute Gasteiger partial charge is 0.234 e. The Morgan fingerprint density at radius 1 is 1.22 bits per heavy atom. The lowest BCUT2D eigenvalue weighted by atomic mass is 10.1. The van der Waals surface area contributed by atoms with Gasteiger partial charge in [-0.3, -0.25) is 9.69 Å². The number of nitrogens with zero attached hydrogens (tertiary/aromatic N) is 2. The van der Waals surface area contributed by atoms with E-state index in [0.29, 0.717) is 6.54 Å². The van der Waals surface area contributed by atoms with Crippen LogP contribution in [0, 0.1) is 0 Å². The molecule has 0 bridgehead atoms. The average Bonchev–Trinajstić information content (AvgIpc) is 2.59. The minimum Gasteiger partial charge on any atom is -0.497 e. The molecule has 1 aliphatic heterocycles. The number of carbonyl (C=O) groups is 1. The second-order valence-electron chi connectivity index (χ2n) is 6.02. The van der Waals surface area contributed by atoms with Crippen molar-refractivity contribution >= 4 is 5.91 Å². The van der Waals surface area contributed by atoms with Crippen molar-refractivity contribution < 1.29 is 9.53 Å². The summed E-state index contributed by atoms with van der Waals surface area (Å²) in [4.78, 5) is 16.6. The topological polar surface area (TPSA) is 44.8 Å². The van der Waals surface area contributed by atoms with Gasteiger partial charge in [-0.15, -0.1) is 0 Å². The van der Waals surface area contributed by atoms with Crippen LogP contribution in [0.2, 0.25) is 0 Å². The third-order valence-electron chi connectivity index (χ3n) is 4.38. The van der Waals surface area contributed by atoms with Crippen LogP contribution in [0.1, 0.15) is 18.9 Å². The Morgan fingerprint density at radius 2 is 1.96 bits per heavy atom. The van der Waals surface area contributed by atoms with Gasteiger partial charge in [-0.1, -0.05) is 19.1 Å². The van der Waals surface area contributed by atoms with Crippen molar-refractivity contribution in [2.75, 3.05) is 52.9 Å². The number of rotatable bonds is 8. The van der Waals surface area contributed by atoms with Crippen LogP contribution in [0.4, 0.5) is 0 Å². The molecule has 0 aromatic heterocycles. The molecular weight excluding hydrogens is 290 g/mol. The standard InChI is InChI=1S/C18H29N3O2/c1-3-20-10-12-21(13-11-20)15-18(22)19-9-5-7-16-6-4-8-17(14-16)23-2/h4,6,8,14H,3,5,7,9-13,15H2,1-2H3,(H,19,22). The zero-order valence-corrected chi connectivity index (χ0v) is 14.4. The SMILES string of the molecule is CCN1CCN(CC(=O)NCCCc2cccc(OC)c2)CC1. The highest BCUT2D eigenvalue weighted by atomic mass is 16.5. The molecule has 2 rings (SSSR count). The molecule has 1 N–H and O–H groups in total. The number of likely N-dealkylation sites (N-methyl/N-ethyl adjacent to an activating group) is 1. The minimum atomic E-state index is 0.139. The summed E-state index contributed by atoms with van der Waals surface area (Å²) in [6.07, 6.45) is 1.90. The molecule has 1 heterocycles. The lowest BCUT2D eigenvalue weighted by Gasteiger charge is -2.33. The first-order valence-electron chi connectivity index (χ1n) is 8.55. The van der Waals surface area contributed by atoms with E-state index in [0.717, 1.165) is 57.9 Å². The molecular formula is C18H29N3O2.